The highest BCUT2D eigenvalue weighted by atomic mass is 15.1. The maximum atomic E-state index is 4.43. The quantitative estimate of drug-likeness (QED) is 0.800. The summed E-state index contributed by atoms with van der Waals surface area (Å²) in [5, 5.41) is 6.42. The molecule has 1 aliphatic carbocycles. The lowest BCUT2D eigenvalue weighted by atomic mass is 10.1. The molecule has 0 spiro atoms. The molecule has 0 amide bonds. The second kappa shape index (κ2) is 4.68. The third kappa shape index (κ3) is 2.84. The van der Waals surface area contributed by atoms with Crippen LogP contribution in [-0.4, -0.2) is 23.1 Å². The van der Waals surface area contributed by atoms with Gasteiger partial charge < -0.3 is 10.6 Å². The van der Waals surface area contributed by atoms with E-state index in [0.29, 0.717) is 12.0 Å². The molecule has 16 heavy (non-hydrogen) atoms. The Labute approximate surface area is 96.9 Å². The van der Waals surface area contributed by atoms with Crippen molar-refractivity contribution in [2.24, 2.45) is 5.92 Å². The van der Waals surface area contributed by atoms with Gasteiger partial charge in [-0.2, -0.15) is 4.98 Å². The topological polar surface area (TPSA) is 49.8 Å². The zero-order chi connectivity index (χ0) is 11.5. The van der Waals surface area contributed by atoms with Crippen LogP contribution >= 0.6 is 0 Å². The Balaban J connectivity index is 2.00. The van der Waals surface area contributed by atoms with Crippen molar-refractivity contribution in [1.29, 1.82) is 0 Å². The predicted molar refractivity (Wildman–Crippen MR) is 66.7 cm³/mol. The number of aromatic nitrogens is 2. The van der Waals surface area contributed by atoms with Gasteiger partial charge in [-0.25, -0.2) is 4.98 Å². The monoisotopic (exact) mass is 220 g/mol. The smallest absolute Gasteiger partial charge is 0.224 e. The molecule has 1 unspecified atom stereocenters. The fourth-order valence-corrected chi connectivity index (χ4v) is 1.85. The lowest BCUT2D eigenvalue weighted by Gasteiger charge is -2.16. The molecular formula is C12H20N4. The Morgan fingerprint density at radius 2 is 2.25 bits per heavy atom. The second-order valence-electron chi connectivity index (χ2n) is 4.70. The van der Waals surface area contributed by atoms with Crippen LogP contribution < -0.4 is 10.6 Å². The normalized spacial score (nSPS) is 16.9. The molecule has 1 heterocycles. The van der Waals surface area contributed by atoms with Crippen molar-refractivity contribution in [2.75, 3.05) is 17.7 Å². The van der Waals surface area contributed by atoms with Gasteiger partial charge in [0.25, 0.3) is 0 Å². The maximum Gasteiger partial charge on any atom is 0.224 e. The van der Waals surface area contributed by atoms with E-state index >= 15 is 0 Å². The fraction of sp³-hybridized carbons (Fsp3) is 0.667. The van der Waals surface area contributed by atoms with Gasteiger partial charge in [-0.3, -0.25) is 0 Å². The van der Waals surface area contributed by atoms with Gasteiger partial charge in [-0.05, 0) is 26.2 Å². The molecule has 2 rings (SSSR count). The van der Waals surface area contributed by atoms with Gasteiger partial charge in [-0.15, -0.1) is 0 Å². The third-order valence-electron chi connectivity index (χ3n) is 2.96. The van der Waals surface area contributed by atoms with E-state index < -0.39 is 0 Å². The van der Waals surface area contributed by atoms with Crippen molar-refractivity contribution < 1.29 is 0 Å². The zero-order valence-electron chi connectivity index (χ0n) is 10.2. The maximum absolute atomic E-state index is 4.43. The number of nitrogens with zero attached hydrogens (tertiary/aromatic N) is 2. The molecule has 0 aliphatic heterocycles. The number of hydrogen-bond donors (Lipinski definition) is 2. The number of hydrogen-bond acceptors (Lipinski definition) is 4. The van der Waals surface area contributed by atoms with E-state index in [2.05, 4.69) is 27.5 Å². The Bertz CT molecular complexity index is 360. The molecule has 0 radical (unpaired) electrons. The van der Waals surface area contributed by atoms with E-state index in [1.54, 1.807) is 0 Å². The van der Waals surface area contributed by atoms with Gasteiger partial charge in [0, 0.05) is 24.8 Å². The predicted octanol–water partition coefficient (Wildman–Crippen LogP) is 2.43. The Morgan fingerprint density at radius 3 is 2.88 bits per heavy atom. The third-order valence-corrected chi connectivity index (χ3v) is 2.96. The lowest BCUT2D eigenvalue weighted by Crippen LogP contribution is -2.18. The number of nitrogens with one attached hydrogen (secondary N) is 2. The summed E-state index contributed by atoms with van der Waals surface area (Å²) in [5.74, 6) is 2.56. The summed E-state index contributed by atoms with van der Waals surface area (Å²) in [6.07, 6.45) is 5.90. The van der Waals surface area contributed by atoms with Crippen LogP contribution in [0.5, 0.6) is 0 Å². The van der Waals surface area contributed by atoms with E-state index in [0.717, 1.165) is 17.3 Å². The molecule has 4 heteroatoms. The van der Waals surface area contributed by atoms with Crippen LogP contribution in [0, 0.1) is 12.8 Å². The minimum absolute atomic E-state index is 0.491. The summed E-state index contributed by atoms with van der Waals surface area (Å²) in [5.41, 5.74) is 1.10. The minimum atomic E-state index is 0.491. The van der Waals surface area contributed by atoms with Gasteiger partial charge in [0.1, 0.15) is 5.82 Å². The average molecular weight is 220 g/mol. The summed E-state index contributed by atoms with van der Waals surface area (Å²) in [4.78, 5) is 8.60. The van der Waals surface area contributed by atoms with Crippen molar-refractivity contribution in [3.63, 3.8) is 0 Å². The first kappa shape index (κ1) is 11.2. The van der Waals surface area contributed by atoms with E-state index in [4.69, 9.17) is 0 Å². The summed E-state index contributed by atoms with van der Waals surface area (Å²) >= 11 is 0. The molecule has 0 aromatic carbocycles. The number of rotatable bonds is 5. The molecule has 1 aromatic heterocycles. The first-order chi connectivity index (χ1) is 7.69. The van der Waals surface area contributed by atoms with E-state index in [-0.39, 0.29) is 0 Å². The van der Waals surface area contributed by atoms with Crippen LogP contribution in [0.4, 0.5) is 11.8 Å². The van der Waals surface area contributed by atoms with Gasteiger partial charge in [0.05, 0.1) is 0 Å². The standard InChI is InChI=1S/C12H20N4/c1-8-7-14-12(13-3)16-11(8)15-9(2)6-10-4-5-10/h7,9-10H,4-6H2,1-3H3,(H2,13,14,15,16). The molecule has 1 saturated carbocycles. The van der Waals surface area contributed by atoms with E-state index in [1.807, 2.05) is 20.2 Å². The molecular weight excluding hydrogens is 200 g/mol. The molecule has 88 valence electrons. The van der Waals surface area contributed by atoms with Crippen molar-refractivity contribution in [1.82, 2.24) is 9.97 Å². The SMILES string of the molecule is CNc1ncc(C)c(NC(C)CC2CC2)n1. The second-order valence-corrected chi connectivity index (χ2v) is 4.70. The summed E-state index contributed by atoms with van der Waals surface area (Å²) in [6.45, 7) is 4.25. The molecule has 4 nitrogen and oxygen atoms in total. The Kier molecular flexibility index (Phi) is 3.27. The summed E-state index contributed by atoms with van der Waals surface area (Å²) in [6, 6.07) is 0.491. The zero-order valence-corrected chi connectivity index (χ0v) is 10.2. The van der Waals surface area contributed by atoms with Crippen LogP contribution in [0.1, 0.15) is 31.7 Å². The molecule has 1 aliphatic rings. The summed E-state index contributed by atoms with van der Waals surface area (Å²) in [7, 11) is 1.84. The van der Waals surface area contributed by atoms with Crippen molar-refractivity contribution in [3.05, 3.63) is 11.8 Å². The molecule has 0 saturated heterocycles. The molecule has 1 atom stereocenters. The largest absolute Gasteiger partial charge is 0.367 e. The highest BCUT2D eigenvalue weighted by Gasteiger charge is 2.23. The minimum Gasteiger partial charge on any atom is -0.367 e. The summed E-state index contributed by atoms with van der Waals surface area (Å²) < 4.78 is 0. The number of aryl methyl sites for hydroxylation is 1. The van der Waals surface area contributed by atoms with Crippen LogP contribution in [0.3, 0.4) is 0 Å². The van der Waals surface area contributed by atoms with E-state index in [1.165, 1.54) is 19.3 Å². The van der Waals surface area contributed by atoms with Crippen molar-refractivity contribution in [3.8, 4) is 0 Å². The number of anilines is 2. The molecule has 0 bridgehead atoms. The highest BCUT2D eigenvalue weighted by Crippen LogP contribution is 2.34. The van der Waals surface area contributed by atoms with Crippen LogP contribution in [0.15, 0.2) is 6.20 Å². The van der Waals surface area contributed by atoms with Crippen LogP contribution in [0.2, 0.25) is 0 Å². The Hall–Kier alpha value is -1.32. The van der Waals surface area contributed by atoms with Crippen LogP contribution in [-0.2, 0) is 0 Å². The Morgan fingerprint density at radius 1 is 1.50 bits per heavy atom. The fourth-order valence-electron chi connectivity index (χ4n) is 1.85. The van der Waals surface area contributed by atoms with Gasteiger partial charge >= 0.3 is 0 Å². The molecule has 1 aromatic rings. The van der Waals surface area contributed by atoms with Gasteiger partial charge in [0.15, 0.2) is 0 Å². The lowest BCUT2D eigenvalue weighted by molar-refractivity contribution is 0.639. The highest BCUT2D eigenvalue weighted by molar-refractivity contribution is 5.46. The molecule has 1 fully saturated rings. The average Bonchev–Trinajstić information content (AvgIpc) is 3.05. The first-order valence-electron chi connectivity index (χ1n) is 5.97. The molecule has 2 N–H and O–H groups in total. The van der Waals surface area contributed by atoms with Gasteiger partial charge in [0.2, 0.25) is 5.95 Å². The van der Waals surface area contributed by atoms with E-state index in [9.17, 15) is 0 Å². The van der Waals surface area contributed by atoms with Crippen molar-refractivity contribution in [2.45, 2.75) is 39.2 Å². The first-order valence-corrected chi connectivity index (χ1v) is 5.97. The van der Waals surface area contributed by atoms with Crippen molar-refractivity contribution >= 4 is 11.8 Å². The van der Waals surface area contributed by atoms with Crippen LogP contribution in [0.25, 0.3) is 0 Å². The van der Waals surface area contributed by atoms with Gasteiger partial charge in [-0.1, -0.05) is 12.8 Å².